The van der Waals surface area contributed by atoms with Crippen LogP contribution in [0.4, 0.5) is 16.6 Å². The van der Waals surface area contributed by atoms with E-state index in [4.69, 9.17) is 21.3 Å². The van der Waals surface area contributed by atoms with Gasteiger partial charge in [-0.1, -0.05) is 24.6 Å². The average molecular weight is 583 g/mol. The van der Waals surface area contributed by atoms with E-state index in [1.165, 1.54) is 0 Å². The Morgan fingerprint density at radius 1 is 1.10 bits per heavy atom. The molecule has 0 saturated carbocycles. The van der Waals surface area contributed by atoms with Crippen LogP contribution in [-0.2, 0) is 15.1 Å². The van der Waals surface area contributed by atoms with E-state index in [1.807, 2.05) is 74.5 Å². The van der Waals surface area contributed by atoms with Gasteiger partial charge in [0.15, 0.2) is 5.82 Å². The van der Waals surface area contributed by atoms with Crippen molar-refractivity contribution in [1.29, 1.82) is 0 Å². The number of rotatable bonds is 6. The molecule has 0 spiro atoms. The molecule has 41 heavy (non-hydrogen) atoms. The number of carbonyl (C=O) groups is 2. The van der Waals surface area contributed by atoms with Gasteiger partial charge in [-0.05, 0) is 53.2 Å². The highest BCUT2D eigenvalue weighted by Crippen LogP contribution is 2.33. The highest BCUT2D eigenvalue weighted by Gasteiger charge is 2.39. The van der Waals surface area contributed by atoms with Gasteiger partial charge in [0.05, 0.1) is 29.5 Å². The number of hydrogen-bond donors (Lipinski definition) is 1. The lowest BCUT2D eigenvalue weighted by Gasteiger charge is -2.42. The van der Waals surface area contributed by atoms with Crippen molar-refractivity contribution in [2.45, 2.75) is 65.1 Å². The van der Waals surface area contributed by atoms with Crippen molar-refractivity contribution in [1.82, 2.24) is 29.6 Å². The van der Waals surface area contributed by atoms with Crippen LogP contribution in [0, 0.1) is 5.92 Å². The van der Waals surface area contributed by atoms with Crippen molar-refractivity contribution in [3.05, 3.63) is 47.5 Å². The molecule has 11 nitrogen and oxygen atoms in total. The van der Waals surface area contributed by atoms with Crippen LogP contribution in [-0.4, -0.2) is 80.6 Å². The minimum atomic E-state index is -0.560. The number of hydrogen-bond acceptors (Lipinski definition) is 8. The molecule has 12 heteroatoms. The van der Waals surface area contributed by atoms with E-state index in [2.05, 4.69) is 27.1 Å². The van der Waals surface area contributed by atoms with Crippen LogP contribution in [0.15, 0.2) is 36.8 Å². The summed E-state index contributed by atoms with van der Waals surface area (Å²) in [6.45, 7) is 14.3. The second-order valence-corrected chi connectivity index (χ2v) is 12.6. The summed E-state index contributed by atoms with van der Waals surface area (Å²) in [6, 6.07) is 5.85. The van der Waals surface area contributed by atoms with Gasteiger partial charge >= 0.3 is 6.09 Å². The molecule has 2 aliphatic rings. The minimum absolute atomic E-state index is 0.00577. The lowest BCUT2D eigenvalue weighted by Crippen LogP contribution is -2.57. The number of nitrogens with zero attached hydrogens (tertiary/aromatic N) is 7. The summed E-state index contributed by atoms with van der Waals surface area (Å²) in [4.78, 5) is 45.5. The molecule has 1 unspecified atom stereocenters. The molecular formula is C29H39ClN8O3. The van der Waals surface area contributed by atoms with Crippen molar-refractivity contribution >= 4 is 41.0 Å². The predicted molar refractivity (Wildman–Crippen MR) is 158 cm³/mol. The van der Waals surface area contributed by atoms with Crippen molar-refractivity contribution in [2.75, 3.05) is 42.5 Å². The van der Waals surface area contributed by atoms with E-state index >= 15 is 0 Å². The number of carbonyl (C=O) groups excluding carboxylic acids is 2. The van der Waals surface area contributed by atoms with Crippen LogP contribution in [0.1, 0.15) is 53.7 Å². The first-order chi connectivity index (χ1) is 19.4. The Morgan fingerprint density at radius 2 is 1.85 bits per heavy atom. The van der Waals surface area contributed by atoms with E-state index in [-0.39, 0.29) is 24.0 Å². The lowest BCUT2D eigenvalue weighted by molar-refractivity contribution is -0.127. The maximum Gasteiger partial charge on any atom is 0.410 e. The van der Waals surface area contributed by atoms with Crippen molar-refractivity contribution in [2.24, 2.45) is 5.92 Å². The van der Waals surface area contributed by atoms with E-state index < -0.39 is 11.1 Å². The van der Waals surface area contributed by atoms with Gasteiger partial charge in [-0.25, -0.2) is 14.8 Å². The summed E-state index contributed by atoms with van der Waals surface area (Å²) in [6.07, 6.45) is 5.82. The molecule has 2 amide bonds. The average Bonchev–Trinajstić information content (AvgIpc) is 3.33. The van der Waals surface area contributed by atoms with Gasteiger partial charge in [0, 0.05) is 45.0 Å². The number of aromatic nitrogens is 4. The molecular weight excluding hydrogens is 544 g/mol. The molecule has 1 N–H and O–H groups in total. The van der Waals surface area contributed by atoms with Crippen molar-refractivity contribution < 1.29 is 14.3 Å². The molecule has 2 fully saturated rings. The quantitative estimate of drug-likeness (QED) is 0.463. The summed E-state index contributed by atoms with van der Waals surface area (Å²) in [7, 11) is 0. The van der Waals surface area contributed by atoms with Crippen molar-refractivity contribution in [3.63, 3.8) is 0 Å². The van der Waals surface area contributed by atoms with Gasteiger partial charge < -0.3 is 29.2 Å². The lowest BCUT2D eigenvalue weighted by atomic mass is 9.91. The molecule has 0 bridgehead atoms. The summed E-state index contributed by atoms with van der Waals surface area (Å²) < 4.78 is 7.56. The number of imidazole rings is 1. The number of nitrogens with one attached hydrogen (secondary N) is 1. The number of anilines is 2. The molecule has 2 aliphatic heterocycles. The second kappa shape index (κ2) is 11.0. The van der Waals surface area contributed by atoms with Crippen LogP contribution < -0.4 is 15.1 Å². The molecule has 3 aromatic rings. The van der Waals surface area contributed by atoms with Crippen LogP contribution in [0.5, 0.6) is 0 Å². The molecule has 2 atom stereocenters. The first-order valence-electron chi connectivity index (χ1n) is 14.1. The Bertz CT molecular complexity index is 1430. The van der Waals surface area contributed by atoms with E-state index in [0.29, 0.717) is 49.5 Å². The standard InChI is InChI=1S/C29H39ClN8O3/c1-7-29(6,22-15-31-23-10-8-9-11-38(22)23)34-25(39)20-17-36(18-20)24-21(30)14-32-26(33-24)37-13-12-35(16-19(37)2)27(40)41-28(3,4)5/h8-11,14-15,19-20H,7,12-13,16-18H2,1-6H3,(H,34,39)/t19-,29?/m0/s1. The minimum Gasteiger partial charge on any atom is -0.444 e. The number of ether oxygens (including phenoxy) is 1. The SMILES string of the molecule is CCC(C)(NC(=O)C1CN(c2nc(N3CCN(C(=O)OC(C)(C)C)C[C@@H]3C)ncc2Cl)C1)c1cnc2ccccn12. The number of pyridine rings is 1. The number of amides is 2. The summed E-state index contributed by atoms with van der Waals surface area (Å²) in [5.41, 5.74) is 0.696. The molecule has 5 rings (SSSR count). The van der Waals surface area contributed by atoms with Crippen molar-refractivity contribution in [3.8, 4) is 0 Å². The first-order valence-corrected chi connectivity index (χ1v) is 14.5. The summed E-state index contributed by atoms with van der Waals surface area (Å²) in [5.74, 6) is 0.974. The molecule has 3 aromatic heterocycles. The topological polar surface area (TPSA) is 108 Å². The van der Waals surface area contributed by atoms with Gasteiger partial charge in [0.2, 0.25) is 11.9 Å². The first kappa shape index (κ1) is 28.9. The highest BCUT2D eigenvalue weighted by atomic mass is 35.5. The van der Waals surface area contributed by atoms with Crippen LogP contribution >= 0.6 is 11.6 Å². The monoisotopic (exact) mass is 582 g/mol. The van der Waals surface area contributed by atoms with Gasteiger partial charge in [-0.15, -0.1) is 0 Å². The second-order valence-electron chi connectivity index (χ2n) is 12.2. The fraction of sp³-hybridized carbons (Fsp3) is 0.552. The molecule has 2 saturated heterocycles. The fourth-order valence-corrected chi connectivity index (χ4v) is 5.53. The third-order valence-corrected chi connectivity index (χ3v) is 8.16. The maximum atomic E-state index is 13.3. The maximum absolute atomic E-state index is 13.3. The summed E-state index contributed by atoms with van der Waals surface area (Å²) in [5, 5.41) is 3.72. The number of halogens is 1. The third-order valence-electron chi connectivity index (χ3n) is 7.89. The van der Waals surface area contributed by atoms with Gasteiger partial charge in [0.25, 0.3) is 0 Å². The zero-order valence-electron chi connectivity index (χ0n) is 24.6. The zero-order valence-corrected chi connectivity index (χ0v) is 25.4. The third kappa shape index (κ3) is 5.91. The molecule has 0 radical (unpaired) electrons. The normalized spacial score (nSPS) is 19.6. The molecule has 220 valence electrons. The molecule has 5 heterocycles. The van der Waals surface area contributed by atoms with Crippen LogP contribution in [0.25, 0.3) is 5.65 Å². The fourth-order valence-electron chi connectivity index (χ4n) is 5.32. The van der Waals surface area contributed by atoms with Gasteiger partial charge in [0.1, 0.15) is 16.3 Å². The van der Waals surface area contributed by atoms with Gasteiger partial charge in [-0.2, -0.15) is 4.98 Å². The van der Waals surface area contributed by atoms with E-state index in [1.54, 1.807) is 11.1 Å². The smallest absolute Gasteiger partial charge is 0.410 e. The number of piperazine rings is 1. The number of fused-ring (bicyclic) bond motifs is 1. The summed E-state index contributed by atoms with van der Waals surface area (Å²) >= 11 is 6.52. The molecule has 0 aliphatic carbocycles. The van der Waals surface area contributed by atoms with Gasteiger partial charge in [-0.3, -0.25) is 4.79 Å². The Morgan fingerprint density at radius 3 is 2.54 bits per heavy atom. The predicted octanol–water partition coefficient (Wildman–Crippen LogP) is 4.10. The largest absolute Gasteiger partial charge is 0.444 e. The van der Waals surface area contributed by atoms with Crippen LogP contribution in [0.3, 0.4) is 0 Å². The Labute approximate surface area is 245 Å². The Kier molecular flexibility index (Phi) is 7.76. The van der Waals surface area contributed by atoms with Crippen LogP contribution in [0.2, 0.25) is 5.02 Å². The molecule has 0 aromatic carbocycles. The Hall–Kier alpha value is -3.60. The Balaban J connectivity index is 1.22. The zero-order chi connectivity index (χ0) is 29.5. The highest BCUT2D eigenvalue weighted by molar-refractivity contribution is 6.32. The van der Waals surface area contributed by atoms with E-state index in [0.717, 1.165) is 17.8 Å². The van der Waals surface area contributed by atoms with E-state index in [9.17, 15) is 9.59 Å².